The average molecular weight is 289 g/mol. The lowest BCUT2D eigenvalue weighted by Crippen LogP contribution is -2.27. The molecule has 8 heteroatoms. The molecule has 0 aliphatic heterocycles. The Morgan fingerprint density at radius 1 is 1.52 bits per heavy atom. The van der Waals surface area contributed by atoms with Gasteiger partial charge in [0.2, 0.25) is 0 Å². The van der Waals surface area contributed by atoms with Gasteiger partial charge in [-0.3, -0.25) is 14.9 Å². The second-order valence-electron chi connectivity index (χ2n) is 4.46. The number of benzene rings is 1. The largest absolute Gasteiger partial charge is 0.393 e. The molecule has 1 aromatic heterocycles. The number of anilines is 1. The molecule has 8 nitrogen and oxygen atoms in total. The minimum Gasteiger partial charge on any atom is -0.393 e. The van der Waals surface area contributed by atoms with Gasteiger partial charge in [-0.15, -0.1) is 0 Å². The quantitative estimate of drug-likeness (QED) is 0.481. The predicted molar refractivity (Wildman–Crippen MR) is 76.8 cm³/mol. The number of nitrogens with two attached hydrogens (primary N) is 1. The molecule has 0 radical (unpaired) electrons. The van der Waals surface area contributed by atoms with Crippen LogP contribution in [0.1, 0.15) is 16.2 Å². The molecule has 0 bridgehead atoms. The number of nitrogens with zero attached hydrogens (tertiary/aromatic N) is 3. The molecule has 1 heterocycles. The first-order valence-electron chi connectivity index (χ1n) is 6.28. The molecule has 1 aromatic carbocycles. The van der Waals surface area contributed by atoms with Crippen molar-refractivity contribution in [2.24, 2.45) is 7.05 Å². The van der Waals surface area contributed by atoms with E-state index in [1.807, 2.05) is 17.8 Å². The fraction of sp³-hybridized carbons (Fsp3) is 0.231. The molecule has 2 aromatic rings. The van der Waals surface area contributed by atoms with E-state index in [4.69, 9.17) is 5.73 Å². The number of nitrogen functional groups attached to an aromatic ring is 1. The number of carbonyl (C=O) groups excluding carboxylic acids is 1. The van der Waals surface area contributed by atoms with Crippen LogP contribution in [-0.2, 0) is 13.5 Å². The van der Waals surface area contributed by atoms with Crippen LogP contribution in [0.3, 0.4) is 0 Å². The number of para-hydroxylation sites is 1. The van der Waals surface area contributed by atoms with Crippen molar-refractivity contribution in [1.29, 1.82) is 0 Å². The molecule has 3 N–H and O–H groups in total. The third-order valence-electron chi connectivity index (χ3n) is 3.08. The first-order chi connectivity index (χ1) is 10.0. The number of imidazole rings is 1. The Morgan fingerprint density at radius 3 is 2.90 bits per heavy atom. The van der Waals surface area contributed by atoms with Crippen molar-refractivity contribution >= 4 is 17.3 Å². The summed E-state index contributed by atoms with van der Waals surface area (Å²) >= 11 is 0. The summed E-state index contributed by atoms with van der Waals surface area (Å²) in [5.41, 5.74) is 5.36. The third-order valence-corrected chi connectivity index (χ3v) is 3.08. The Hall–Kier alpha value is -2.90. The Kier molecular flexibility index (Phi) is 4.17. The molecule has 0 aliphatic carbocycles. The summed E-state index contributed by atoms with van der Waals surface area (Å²) in [6.07, 6.45) is 4.05. The SMILES string of the molecule is Cn1ccnc1CCNC(=O)c1cccc([N+](=O)[O-])c1N. The van der Waals surface area contributed by atoms with Gasteiger partial charge in [-0.1, -0.05) is 6.07 Å². The van der Waals surface area contributed by atoms with Crippen LogP contribution in [0.5, 0.6) is 0 Å². The highest BCUT2D eigenvalue weighted by Crippen LogP contribution is 2.24. The Balaban J connectivity index is 2.02. The van der Waals surface area contributed by atoms with E-state index >= 15 is 0 Å². The van der Waals surface area contributed by atoms with E-state index < -0.39 is 10.8 Å². The monoisotopic (exact) mass is 289 g/mol. The lowest BCUT2D eigenvalue weighted by Gasteiger charge is -2.07. The van der Waals surface area contributed by atoms with Crippen molar-refractivity contribution in [2.45, 2.75) is 6.42 Å². The highest BCUT2D eigenvalue weighted by molar-refractivity contribution is 6.00. The van der Waals surface area contributed by atoms with Crippen LogP contribution < -0.4 is 11.1 Å². The van der Waals surface area contributed by atoms with Gasteiger partial charge >= 0.3 is 0 Å². The topological polar surface area (TPSA) is 116 Å². The summed E-state index contributed by atoms with van der Waals surface area (Å²) in [5.74, 6) is 0.396. The first kappa shape index (κ1) is 14.5. The van der Waals surface area contributed by atoms with Crippen molar-refractivity contribution in [3.05, 3.63) is 52.1 Å². The van der Waals surface area contributed by atoms with Gasteiger partial charge in [0.1, 0.15) is 11.5 Å². The van der Waals surface area contributed by atoms with E-state index in [-0.39, 0.29) is 16.9 Å². The van der Waals surface area contributed by atoms with E-state index in [2.05, 4.69) is 10.3 Å². The number of carbonyl (C=O) groups is 1. The molecule has 21 heavy (non-hydrogen) atoms. The molecular formula is C13H15N5O3. The summed E-state index contributed by atoms with van der Waals surface area (Å²) in [6.45, 7) is 0.367. The lowest BCUT2D eigenvalue weighted by atomic mass is 10.1. The summed E-state index contributed by atoms with van der Waals surface area (Å²) in [4.78, 5) is 26.3. The van der Waals surface area contributed by atoms with Crippen LogP contribution >= 0.6 is 0 Å². The maximum absolute atomic E-state index is 12.0. The number of nitro groups is 1. The number of nitro benzene ring substituents is 1. The number of hydrogen-bond donors (Lipinski definition) is 2. The number of amides is 1. The van der Waals surface area contributed by atoms with Crippen molar-refractivity contribution in [2.75, 3.05) is 12.3 Å². The summed E-state index contributed by atoms with van der Waals surface area (Å²) in [5, 5.41) is 13.5. The molecule has 2 rings (SSSR count). The summed E-state index contributed by atoms with van der Waals surface area (Å²) in [6, 6.07) is 4.15. The highest BCUT2D eigenvalue weighted by atomic mass is 16.6. The van der Waals surface area contributed by atoms with Crippen LogP contribution in [-0.4, -0.2) is 26.9 Å². The van der Waals surface area contributed by atoms with Crippen molar-refractivity contribution in [3.8, 4) is 0 Å². The van der Waals surface area contributed by atoms with Crippen LogP contribution in [0.4, 0.5) is 11.4 Å². The minimum absolute atomic E-state index is 0.101. The average Bonchev–Trinajstić information content (AvgIpc) is 2.84. The zero-order valence-corrected chi connectivity index (χ0v) is 11.4. The molecule has 0 saturated heterocycles. The first-order valence-corrected chi connectivity index (χ1v) is 6.28. The van der Waals surface area contributed by atoms with Gasteiger partial charge in [-0.2, -0.15) is 0 Å². The van der Waals surface area contributed by atoms with Gasteiger partial charge < -0.3 is 15.6 Å². The zero-order chi connectivity index (χ0) is 15.4. The molecule has 110 valence electrons. The van der Waals surface area contributed by atoms with Crippen LogP contribution in [0.25, 0.3) is 0 Å². The second kappa shape index (κ2) is 6.04. The Labute approximate surface area is 120 Å². The predicted octanol–water partition coefficient (Wildman–Crippen LogP) is 0.883. The molecule has 0 fully saturated rings. The summed E-state index contributed by atoms with van der Waals surface area (Å²) < 4.78 is 1.86. The second-order valence-corrected chi connectivity index (χ2v) is 4.46. The standard InChI is InChI=1S/C13H15N5O3/c1-17-8-7-15-11(17)5-6-16-13(19)9-3-2-4-10(12(9)14)18(20)21/h2-4,7-8H,5-6,14H2,1H3,(H,16,19). The third kappa shape index (κ3) is 3.16. The van der Waals surface area contributed by atoms with E-state index in [0.29, 0.717) is 13.0 Å². The normalized spacial score (nSPS) is 10.3. The minimum atomic E-state index is -0.611. The highest BCUT2D eigenvalue weighted by Gasteiger charge is 2.18. The lowest BCUT2D eigenvalue weighted by molar-refractivity contribution is -0.383. The fourth-order valence-corrected chi connectivity index (χ4v) is 1.93. The van der Waals surface area contributed by atoms with E-state index in [1.54, 1.807) is 6.20 Å². The van der Waals surface area contributed by atoms with Crippen molar-refractivity contribution in [1.82, 2.24) is 14.9 Å². The van der Waals surface area contributed by atoms with Crippen molar-refractivity contribution in [3.63, 3.8) is 0 Å². The number of rotatable bonds is 5. The number of nitrogens with one attached hydrogen (secondary N) is 1. The van der Waals surface area contributed by atoms with Crippen LogP contribution in [0.15, 0.2) is 30.6 Å². The van der Waals surface area contributed by atoms with Gasteiger partial charge in [0, 0.05) is 38.5 Å². The number of hydrogen-bond acceptors (Lipinski definition) is 5. The van der Waals surface area contributed by atoms with Gasteiger partial charge in [0.15, 0.2) is 0 Å². The smallest absolute Gasteiger partial charge is 0.292 e. The van der Waals surface area contributed by atoms with E-state index in [0.717, 1.165) is 5.82 Å². The van der Waals surface area contributed by atoms with Gasteiger partial charge in [0.05, 0.1) is 10.5 Å². The van der Waals surface area contributed by atoms with Gasteiger partial charge in [-0.05, 0) is 6.07 Å². The number of aryl methyl sites for hydroxylation is 1. The Bertz CT molecular complexity index is 680. The van der Waals surface area contributed by atoms with Crippen LogP contribution in [0, 0.1) is 10.1 Å². The van der Waals surface area contributed by atoms with E-state index in [1.165, 1.54) is 18.2 Å². The molecule has 1 amide bonds. The van der Waals surface area contributed by atoms with Crippen LogP contribution in [0.2, 0.25) is 0 Å². The molecular weight excluding hydrogens is 274 g/mol. The fourth-order valence-electron chi connectivity index (χ4n) is 1.93. The molecule has 0 saturated carbocycles. The molecule has 0 spiro atoms. The maximum Gasteiger partial charge on any atom is 0.292 e. The van der Waals surface area contributed by atoms with Gasteiger partial charge in [0.25, 0.3) is 11.6 Å². The molecule has 0 aliphatic rings. The Morgan fingerprint density at radius 2 is 2.29 bits per heavy atom. The molecule has 0 unspecified atom stereocenters. The van der Waals surface area contributed by atoms with Gasteiger partial charge in [-0.25, -0.2) is 4.98 Å². The maximum atomic E-state index is 12.0. The summed E-state index contributed by atoms with van der Waals surface area (Å²) in [7, 11) is 1.86. The molecule has 0 atom stereocenters. The van der Waals surface area contributed by atoms with E-state index in [9.17, 15) is 14.9 Å². The van der Waals surface area contributed by atoms with Crippen molar-refractivity contribution < 1.29 is 9.72 Å². The number of aromatic nitrogens is 2. The zero-order valence-electron chi connectivity index (χ0n) is 11.4.